The predicted molar refractivity (Wildman–Crippen MR) is 148 cm³/mol. The van der Waals surface area contributed by atoms with Crippen molar-refractivity contribution in [1.82, 2.24) is 25.8 Å². The quantitative estimate of drug-likeness (QED) is 0.288. The molecule has 196 valence electrons. The lowest BCUT2D eigenvalue weighted by molar-refractivity contribution is 0.0943. The number of rotatable bonds is 10. The van der Waals surface area contributed by atoms with Crippen LogP contribution < -0.4 is 16.0 Å². The number of aryl methyl sites for hydroxylation is 1. The second kappa shape index (κ2) is 13.8. The third-order valence-electron chi connectivity index (χ3n) is 6.70. The molecule has 3 heterocycles. The summed E-state index contributed by atoms with van der Waals surface area (Å²) in [6.07, 6.45) is 2.68. The fourth-order valence-electron chi connectivity index (χ4n) is 4.62. The number of nitrogens with one attached hydrogen (secondary N) is 3. The highest BCUT2D eigenvalue weighted by molar-refractivity contribution is 7.08. The Bertz CT molecular complexity index is 1160. The van der Waals surface area contributed by atoms with Gasteiger partial charge >= 0.3 is 0 Å². The van der Waals surface area contributed by atoms with E-state index in [9.17, 15) is 15.3 Å². The molecule has 2 aromatic heterocycles. The van der Waals surface area contributed by atoms with Crippen molar-refractivity contribution in [3.05, 3.63) is 61.2 Å². The Hall–Kier alpha value is -2.66. The van der Waals surface area contributed by atoms with Crippen LogP contribution in [-0.4, -0.2) is 54.6 Å². The van der Waals surface area contributed by atoms with E-state index in [2.05, 4.69) is 32.8 Å². The van der Waals surface area contributed by atoms with Crippen molar-refractivity contribution in [3.8, 4) is 12.1 Å². The summed E-state index contributed by atoms with van der Waals surface area (Å²) in [7, 11) is 1.74. The van der Waals surface area contributed by atoms with Gasteiger partial charge < -0.3 is 20.9 Å². The van der Waals surface area contributed by atoms with E-state index in [1.807, 2.05) is 29.0 Å². The number of nitrogens with zero attached hydrogens (tertiary/aromatic N) is 4. The molecular weight excluding hydrogens is 529 g/mol. The first-order valence-corrected chi connectivity index (χ1v) is 13.8. The summed E-state index contributed by atoms with van der Waals surface area (Å²) in [5, 5.41) is 33.0. The average molecular weight is 561 g/mol. The van der Waals surface area contributed by atoms with Crippen LogP contribution in [0.15, 0.2) is 34.2 Å². The van der Waals surface area contributed by atoms with Gasteiger partial charge in [-0.05, 0) is 80.2 Å². The third-order valence-corrected chi connectivity index (χ3v) is 7.87. The molecule has 1 amide bonds. The van der Waals surface area contributed by atoms with Gasteiger partial charge in [0.1, 0.15) is 28.0 Å². The number of amides is 1. The van der Waals surface area contributed by atoms with Crippen molar-refractivity contribution in [3.63, 3.8) is 0 Å². The lowest BCUT2D eigenvalue weighted by Gasteiger charge is -2.38. The van der Waals surface area contributed by atoms with Gasteiger partial charge in [-0.3, -0.25) is 4.79 Å². The lowest BCUT2D eigenvalue weighted by atomic mass is 9.97. The number of hydrogen-bond donors (Lipinski definition) is 3. The minimum atomic E-state index is -0.247. The molecule has 0 spiro atoms. The number of likely N-dealkylation sites (N-methyl/N-ethyl adjacent to an activating group) is 1. The van der Waals surface area contributed by atoms with Gasteiger partial charge in [0, 0.05) is 25.7 Å². The monoisotopic (exact) mass is 559 g/mol. The Kier molecular flexibility index (Phi) is 10.7. The normalized spacial score (nSPS) is 15.8. The molecule has 1 aliphatic heterocycles. The van der Waals surface area contributed by atoms with E-state index in [0.717, 1.165) is 37.9 Å². The van der Waals surface area contributed by atoms with E-state index in [4.69, 9.17) is 23.2 Å². The summed E-state index contributed by atoms with van der Waals surface area (Å²) in [6.45, 7) is 6.31. The molecule has 37 heavy (non-hydrogen) atoms. The number of thiophene rings is 1. The highest BCUT2D eigenvalue weighted by atomic mass is 35.5. The zero-order valence-corrected chi connectivity index (χ0v) is 23.5. The van der Waals surface area contributed by atoms with Crippen LogP contribution in [-0.2, 0) is 0 Å². The van der Waals surface area contributed by atoms with Crippen LogP contribution >= 0.6 is 34.5 Å². The van der Waals surface area contributed by atoms with Crippen molar-refractivity contribution in [1.29, 1.82) is 10.5 Å². The molecule has 3 N–H and O–H groups in total. The molecule has 8 nitrogen and oxygen atoms in total. The van der Waals surface area contributed by atoms with Gasteiger partial charge in [-0.2, -0.15) is 21.9 Å². The predicted octanol–water partition coefficient (Wildman–Crippen LogP) is 4.58. The minimum Gasteiger partial charge on any atom is -0.388 e. The summed E-state index contributed by atoms with van der Waals surface area (Å²) in [4.78, 5) is 19.0. The largest absolute Gasteiger partial charge is 0.388 e. The number of aromatic nitrogens is 1. The summed E-state index contributed by atoms with van der Waals surface area (Å²) >= 11 is 13.6. The Morgan fingerprint density at radius 3 is 2.57 bits per heavy atom. The SMILES string of the molecule is CNC(=C(C#N)C#N)C(NC1CCN([C@H](C)CCNC(=O)c2c(C)cc(Cl)nc2Cl)CC1)c1ccsc1. The third kappa shape index (κ3) is 7.44. The van der Waals surface area contributed by atoms with Crippen LogP contribution in [0.3, 0.4) is 0 Å². The van der Waals surface area contributed by atoms with E-state index >= 15 is 0 Å². The zero-order chi connectivity index (χ0) is 26.9. The maximum atomic E-state index is 12.6. The lowest BCUT2D eigenvalue weighted by Crippen LogP contribution is -2.48. The Morgan fingerprint density at radius 2 is 2.00 bits per heavy atom. The molecule has 0 bridgehead atoms. The zero-order valence-electron chi connectivity index (χ0n) is 21.1. The number of nitriles is 2. The Labute approximate surface area is 232 Å². The van der Waals surface area contributed by atoms with Gasteiger partial charge in [-0.1, -0.05) is 23.2 Å². The van der Waals surface area contributed by atoms with E-state index in [1.165, 1.54) is 0 Å². The Balaban J connectivity index is 1.53. The topological polar surface area (TPSA) is 117 Å². The molecule has 0 aromatic carbocycles. The number of likely N-dealkylation sites (tertiary alicyclic amines) is 1. The summed E-state index contributed by atoms with van der Waals surface area (Å²) < 4.78 is 0. The van der Waals surface area contributed by atoms with Gasteiger partial charge in [0.05, 0.1) is 17.3 Å². The standard InChI is InChI=1S/C26H31Cl2N7OS/c1-16-12-21(27)34-25(28)22(16)26(36)32-8-4-17(2)35-9-5-20(6-10-35)33-24(18-7-11-37-15-18)23(31-3)19(13-29)14-30/h7,11-12,15,17,20,24,31,33H,4-6,8-10H2,1-3H3,(H,32,36)/t17-,24?/m1/s1. The number of carbonyl (C=O) groups excluding carboxylic acids is 1. The molecule has 0 saturated carbocycles. The first-order valence-electron chi connectivity index (χ1n) is 12.1. The first kappa shape index (κ1) is 28.9. The number of halogens is 2. The van der Waals surface area contributed by atoms with E-state index in [-0.39, 0.29) is 33.9 Å². The summed E-state index contributed by atoms with van der Waals surface area (Å²) in [5.74, 6) is -0.247. The highest BCUT2D eigenvalue weighted by Crippen LogP contribution is 2.27. The molecule has 1 unspecified atom stereocenters. The summed E-state index contributed by atoms with van der Waals surface area (Å²) in [5.41, 5.74) is 2.77. The van der Waals surface area contributed by atoms with E-state index < -0.39 is 0 Å². The number of carbonyl (C=O) groups is 1. The highest BCUT2D eigenvalue weighted by Gasteiger charge is 2.28. The molecule has 1 fully saturated rings. The molecule has 0 radical (unpaired) electrons. The molecule has 11 heteroatoms. The molecule has 1 aliphatic rings. The molecule has 2 aromatic rings. The first-order chi connectivity index (χ1) is 17.8. The van der Waals surface area contributed by atoms with Crippen LogP contribution in [0, 0.1) is 29.6 Å². The molecule has 1 saturated heterocycles. The van der Waals surface area contributed by atoms with Gasteiger partial charge in [-0.15, -0.1) is 0 Å². The van der Waals surface area contributed by atoms with Crippen molar-refractivity contribution < 1.29 is 4.79 Å². The average Bonchev–Trinajstić information content (AvgIpc) is 3.40. The fourth-order valence-corrected chi connectivity index (χ4v) is 5.92. The van der Waals surface area contributed by atoms with Crippen LogP contribution in [0.4, 0.5) is 0 Å². The second-order valence-electron chi connectivity index (χ2n) is 9.05. The molecule has 2 atom stereocenters. The van der Waals surface area contributed by atoms with Crippen LogP contribution in [0.1, 0.15) is 53.7 Å². The van der Waals surface area contributed by atoms with Gasteiger partial charge in [0.15, 0.2) is 0 Å². The molecule has 0 aliphatic carbocycles. The smallest absolute Gasteiger partial charge is 0.254 e. The van der Waals surface area contributed by atoms with Gasteiger partial charge in [-0.25, -0.2) is 4.98 Å². The minimum absolute atomic E-state index is 0.0881. The molecule has 3 rings (SSSR count). The van der Waals surface area contributed by atoms with Crippen LogP contribution in [0.5, 0.6) is 0 Å². The number of piperidine rings is 1. The fraction of sp³-hybridized carbons (Fsp3) is 0.462. The maximum Gasteiger partial charge on any atom is 0.254 e. The van der Waals surface area contributed by atoms with Crippen molar-refractivity contribution in [2.24, 2.45) is 0 Å². The molecular formula is C26H31Cl2N7OS. The van der Waals surface area contributed by atoms with E-state index in [0.29, 0.717) is 29.4 Å². The number of hydrogen-bond acceptors (Lipinski definition) is 8. The number of allylic oxidation sites excluding steroid dienone is 1. The van der Waals surface area contributed by atoms with Crippen molar-refractivity contribution in [2.75, 3.05) is 26.7 Å². The maximum absolute atomic E-state index is 12.6. The Morgan fingerprint density at radius 1 is 1.30 bits per heavy atom. The van der Waals surface area contributed by atoms with E-state index in [1.54, 1.807) is 31.4 Å². The van der Waals surface area contributed by atoms with Crippen molar-refractivity contribution in [2.45, 2.75) is 51.2 Å². The van der Waals surface area contributed by atoms with Crippen LogP contribution in [0.25, 0.3) is 0 Å². The summed E-state index contributed by atoms with van der Waals surface area (Å²) in [6, 6.07) is 7.98. The van der Waals surface area contributed by atoms with Crippen LogP contribution in [0.2, 0.25) is 10.3 Å². The second-order valence-corrected chi connectivity index (χ2v) is 10.6. The van der Waals surface area contributed by atoms with Gasteiger partial charge in [0.25, 0.3) is 5.91 Å². The van der Waals surface area contributed by atoms with Crippen molar-refractivity contribution >= 4 is 40.4 Å². The number of pyridine rings is 1. The van der Waals surface area contributed by atoms with Gasteiger partial charge in [0.2, 0.25) is 0 Å².